The van der Waals surface area contributed by atoms with Crippen LogP contribution in [-0.2, 0) is 23.4 Å². The van der Waals surface area contributed by atoms with Crippen molar-refractivity contribution in [2.75, 3.05) is 6.54 Å². The normalized spacial score (nSPS) is 33.4. The molecule has 0 spiro atoms. The Morgan fingerprint density at radius 1 is 1.21 bits per heavy atom. The molecule has 1 amide bonds. The van der Waals surface area contributed by atoms with Crippen molar-refractivity contribution in [1.29, 1.82) is 0 Å². The Balaban J connectivity index is 1.43. The molecule has 0 saturated heterocycles. The first kappa shape index (κ1) is 17.9. The SMILES string of the molecule is CCN(Cc1cnn(CC)c1)C(=O)C12CC3CC(C1)CC(n1cncn1)(C3)C2. The predicted molar refractivity (Wildman–Crippen MR) is 104 cm³/mol. The zero-order valence-corrected chi connectivity index (χ0v) is 16.9. The lowest BCUT2D eigenvalue weighted by Gasteiger charge is -2.61. The van der Waals surface area contributed by atoms with Crippen molar-refractivity contribution in [1.82, 2.24) is 29.4 Å². The second-order valence-electron chi connectivity index (χ2n) is 9.33. The molecule has 4 aliphatic carbocycles. The van der Waals surface area contributed by atoms with Gasteiger partial charge in [0.25, 0.3) is 0 Å². The van der Waals surface area contributed by atoms with Gasteiger partial charge in [0.15, 0.2) is 0 Å². The van der Waals surface area contributed by atoms with Crippen LogP contribution in [0.3, 0.4) is 0 Å². The van der Waals surface area contributed by atoms with Gasteiger partial charge in [-0.15, -0.1) is 0 Å². The number of carbonyl (C=O) groups excluding carboxylic acids is 1. The van der Waals surface area contributed by atoms with Crippen LogP contribution in [0.2, 0.25) is 0 Å². The highest BCUT2D eigenvalue weighted by molar-refractivity contribution is 5.83. The lowest BCUT2D eigenvalue weighted by molar-refractivity contribution is -0.167. The number of carbonyl (C=O) groups is 1. The van der Waals surface area contributed by atoms with Crippen molar-refractivity contribution in [2.45, 2.75) is 71.0 Å². The lowest BCUT2D eigenvalue weighted by Crippen LogP contribution is -2.61. The van der Waals surface area contributed by atoms with Crippen LogP contribution in [0.5, 0.6) is 0 Å². The van der Waals surface area contributed by atoms with Crippen LogP contribution >= 0.6 is 0 Å². The van der Waals surface area contributed by atoms with Gasteiger partial charge in [0.05, 0.1) is 17.2 Å². The number of aryl methyl sites for hydroxylation is 1. The first-order valence-electron chi connectivity index (χ1n) is 10.7. The van der Waals surface area contributed by atoms with E-state index >= 15 is 0 Å². The molecule has 2 unspecified atom stereocenters. The van der Waals surface area contributed by atoms with Crippen LogP contribution in [0.1, 0.15) is 57.9 Å². The molecule has 2 heterocycles. The Morgan fingerprint density at radius 3 is 2.61 bits per heavy atom. The summed E-state index contributed by atoms with van der Waals surface area (Å²) < 4.78 is 4.01. The average Bonchev–Trinajstić information content (AvgIpc) is 3.36. The van der Waals surface area contributed by atoms with E-state index in [4.69, 9.17) is 0 Å². The number of hydrogen-bond acceptors (Lipinski definition) is 4. The molecule has 7 nitrogen and oxygen atoms in total. The molecule has 7 heteroatoms. The van der Waals surface area contributed by atoms with Crippen molar-refractivity contribution in [3.8, 4) is 0 Å². The molecular formula is C21H30N6O. The highest BCUT2D eigenvalue weighted by Gasteiger charge is 2.62. The van der Waals surface area contributed by atoms with Gasteiger partial charge in [-0.2, -0.15) is 10.2 Å². The molecule has 4 aliphatic rings. The van der Waals surface area contributed by atoms with E-state index in [1.54, 1.807) is 6.33 Å². The standard InChI is InChI=1S/C21H30N6O/c1-3-25(11-18-10-23-26(4-2)12-18)19(28)20-6-16-5-17(7-20)9-21(8-16,13-20)27-15-22-14-24-27/h10,12,14-17H,3-9,11,13H2,1-2H3. The van der Waals surface area contributed by atoms with E-state index in [0.717, 1.165) is 50.8 Å². The van der Waals surface area contributed by atoms with Crippen LogP contribution in [0, 0.1) is 17.3 Å². The summed E-state index contributed by atoms with van der Waals surface area (Å²) in [7, 11) is 0. The number of hydrogen-bond donors (Lipinski definition) is 0. The molecule has 28 heavy (non-hydrogen) atoms. The Labute approximate surface area is 166 Å². The number of nitrogens with zero attached hydrogens (tertiary/aromatic N) is 6. The molecular weight excluding hydrogens is 352 g/mol. The van der Waals surface area contributed by atoms with Crippen molar-refractivity contribution in [3.05, 3.63) is 30.6 Å². The van der Waals surface area contributed by atoms with Crippen LogP contribution in [0.4, 0.5) is 0 Å². The van der Waals surface area contributed by atoms with E-state index in [9.17, 15) is 4.79 Å². The zero-order chi connectivity index (χ0) is 19.4. The van der Waals surface area contributed by atoms with E-state index in [-0.39, 0.29) is 11.0 Å². The van der Waals surface area contributed by atoms with Gasteiger partial charge in [-0.3, -0.25) is 9.48 Å². The first-order valence-corrected chi connectivity index (χ1v) is 10.7. The van der Waals surface area contributed by atoms with Crippen LogP contribution in [-0.4, -0.2) is 41.9 Å². The minimum atomic E-state index is -0.229. The van der Waals surface area contributed by atoms with E-state index in [2.05, 4.69) is 44.8 Å². The molecule has 4 saturated carbocycles. The topological polar surface area (TPSA) is 68.8 Å². The monoisotopic (exact) mass is 382 g/mol. The smallest absolute Gasteiger partial charge is 0.229 e. The van der Waals surface area contributed by atoms with Crippen molar-refractivity contribution in [3.63, 3.8) is 0 Å². The van der Waals surface area contributed by atoms with Crippen LogP contribution in [0.25, 0.3) is 0 Å². The number of rotatable bonds is 6. The first-order chi connectivity index (χ1) is 13.6. The van der Waals surface area contributed by atoms with Crippen LogP contribution in [0.15, 0.2) is 25.0 Å². The third-order valence-electron chi connectivity index (χ3n) is 7.44. The van der Waals surface area contributed by atoms with Gasteiger partial charge in [-0.05, 0) is 64.2 Å². The fourth-order valence-corrected chi connectivity index (χ4v) is 6.73. The van der Waals surface area contributed by atoms with Crippen molar-refractivity contribution in [2.24, 2.45) is 17.3 Å². The highest BCUT2D eigenvalue weighted by atomic mass is 16.2. The summed E-state index contributed by atoms with van der Waals surface area (Å²) in [6, 6.07) is 0. The molecule has 150 valence electrons. The molecule has 6 rings (SSSR count). The predicted octanol–water partition coefficient (Wildman–Crippen LogP) is 2.84. The van der Waals surface area contributed by atoms with Gasteiger partial charge in [-0.1, -0.05) is 0 Å². The van der Waals surface area contributed by atoms with Gasteiger partial charge in [-0.25, -0.2) is 9.67 Å². The highest BCUT2D eigenvalue weighted by Crippen LogP contribution is 2.64. The summed E-state index contributed by atoms with van der Waals surface area (Å²) in [5, 5.41) is 8.89. The molecule has 2 atom stereocenters. The number of aromatic nitrogens is 5. The van der Waals surface area contributed by atoms with E-state index < -0.39 is 0 Å². The molecule has 4 bridgehead atoms. The fourth-order valence-electron chi connectivity index (χ4n) is 6.73. The average molecular weight is 383 g/mol. The van der Waals surface area contributed by atoms with E-state index in [1.165, 1.54) is 6.42 Å². The maximum absolute atomic E-state index is 13.9. The van der Waals surface area contributed by atoms with Gasteiger partial charge >= 0.3 is 0 Å². The Hall–Kier alpha value is -2.18. The largest absolute Gasteiger partial charge is 0.338 e. The summed E-state index contributed by atoms with van der Waals surface area (Å²) in [4.78, 5) is 20.1. The molecule has 2 aromatic heterocycles. The third-order valence-corrected chi connectivity index (χ3v) is 7.44. The van der Waals surface area contributed by atoms with Gasteiger partial charge < -0.3 is 4.90 Å². The Bertz CT molecular complexity index is 842. The second kappa shape index (κ2) is 6.42. The fraction of sp³-hybridized carbons (Fsp3) is 0.714. The third kappa shape index (κ3) is 2.70. The quantitative estimate of drug-likeness (QED) is 0.770. The lowest BCUT2D eigenvalue weighted by atomic mass is 9.46. The van der Waals surface area contributed by atoms with Gasteiger partial charge in [0.1, 0.15) is 12.7 Å². The minimum absolute atomic E-state index is 0.0112. The molecule has 0 radical (unpaired) electrons. The zero-order valence-electron chi connectivity index (χ0n) is 16.9. The minimum Gasteiger partial charge on any atom is -0.338 e. The number of amides is 1. The Morgan fingerprint density at radius 2 is 2.00 bits per heavy atom. The summed E-state index contributed by atoms with van der Waals surface area (Å²) in [6.45, 7) is 6.43. The van der Waals surface area contributed by atoms with Crippen LogP contribution < -0.4 is 0 Å². The second-order valence-corrected chi connectivity index (χ2v) is 9.33. The Kier molecular flexibility index (Phi) is 4.10. The van der Waals surface area contributed by atoms with Gasteiger partial charge in [0.2, 0.25) is 5.91 Å². The summed E-state index contributed by atoms with van der Waals surface area (Å²) in [5.74, 6) is 1.62. The van der Waals surface area contributed by atoms with Gasteiger partial charge in [0, 0.05) is 31.4 Å². The molecule has 4 fully saturated rings. The van der Waals surface area contributed by atoms with Crippen molar-refractivity contribution >= 4 is 5.91 Å². The van der Waals surface area contributed by atoms with E-state index in [1.807, 2.05) is 17.2 Å². The van der Waals surface area contributed by atoms with Crippen molar-refractivity contribution < 1.29 is 4.79 Å². The maximum Gasteiger partial charge on any atom is 0.229 e. The molecule has 0 aliphatic heterocycles. The van der Waals surface area contributed by atoms with E-state index in [0.29, 0.717) is 24.3 Å². The summed E-state index contributed by atoms with van der Waals surface area (Å²) >= 11 is 0. The summed E-state index contributed by atoms with van der Waals surface area (Å²) in [6.07, 6.45) is 14.0. The molecule has 2 aromatic rings. The summed E-state index contributed by atoms with van der Waals surface area (Å²) in [5.41, 5.74) is 0.878. The maximum atomic E-state index is 13.9. The molecule has 0 N–H and O–H groups in total. The molecule has 0 aromatic carbocycles.